The Labute approximate surface area is 149 Å². The predicted molar refractivity (Wildman–Crippen MR) is 89.9 cm³/mol. The van der Waals surface area contributed by atoms with Crippen LogP contribution in [0.1, 0.15) is 41.9 Å². The van der Waals surface area contributed by atoms with Crippen LogP contribution in [0.4, 0.5) is 4.39 Å². The summed E-state index contributed by atoms with van der Waals surface area (Å²) in [6, 6.07) is 3.01. The van der Waals surface area contributed by atoms with Crippen molar-refractivity contribution in [2.75, 3.05) is 0 Å². The van der Waals surface area contributed by atoms with Gasteiger partial charge in [0.2, 0.25) is 0 Å². The molecule has 2 saturated heterocycles. The van der Waals surface area contributed by atoms with E-state index in [0.29, 0.717) is 35.5 Å². The Balaban J connectivity index is 1.58. The number of rotatable bonds is 3. The number of hydrogen-bond acceptors (Lipinski definition) is 4. The maximum Gasteiger partial charge on any atom is 0.306 e. The van der Waals surface area contributed by atoms with Crippen molar-refractivity contribution in [3.8, 4) is 11.3 Å². The number of piperidine rings is 1. The van der Waals surface area contributed by atoms with Crippen LogP contribution in [0.2, 0.25) is 0 Å². The molecule has 1 unspecified atom stereocenters. The van der Waals surface area contributed by atoms with Gasteiger partial charge in [-0.1, -0.05) is 0 Å². The average Bonchev–Trinajstić information content (AvgIpc) is 3.19. The van der Waals surface area contributed by atoms with Gasteiger partial charge in [-0.05, 0) is 44.7 Å². The van der Waals surface area contributed by atoms with Crippen LogP contribution in [-0.2, 0) is 4.79 Å². The quantitative estimate of drug-likeness (QED) is 0.878. The summed E-state index contributed by atoms with van der Waals surface area (Å²) in [7, 11) is 0. The number of nitrogens with zero attached hydrogens (tertiary/aromatic N) is 3. The molecule has 0 radical (unpaired) electrons. The van der Waals surface area contributed by atoms with E-state index in [1.54, 1.807) is 24.0 Å². The van der Waals surface area contributed by atoms with Gasteiger partial charge in [0.1, 0.15) is 5.69 Å². The van der Waals surface area contributed by atoms with E-state index in [1.165, 1.54) is 0 Å². The fourth-order valence-corrected chi connectivity index (χ4v) is 4.16. The van der Waals surface area contributed by atoms with Crippen molar-refractivity contribution in [1.29, 1.82) is 0 Å². The van der Waals surface area contributed by atoms with Crippen LogP contribution in [0.3, 0.4) is 0 Å². The van der Waals surface area contributed by atoms with Crippen LogP contribution in [-0.4, -0.2) is 49.1 Å². The Kier molecular flexibility index (Phi) is 3.97. The van der Waals surface area contributed by atoms with Crippen LogP contribution >= 0.6 is 0 Å². The minimum absolute atomic E-state index is 0.0611. The molecule has 136 valence electrons. The van der Waals surface area contributed by atoms with Gasteiger partial charge in [0.05, 0.1) is 17.8 Å². The van der Waals surface area contributed by atoms with Gasteiger partial charge in [-0.3, -0.25) is 19.7 Å². The van der Waals surface area contributed by atoms with E-state index in [4.69, 9.17) is 0 Å². The van der Waals surface area contributed by atoms with E-state index in [-0.39, 0.29) is 23.9 Å². The number of carboxylic acid groups (broad SMARTS) is 1. The maximum absolute atomic E-state index is 14.0. The third kappa shape index (κ3) is 2.75. The van der Waals surface area contributed by atoms with Gasteiger partial charge >= 0.3 is 5.97 Å². The van der Waals surface area contributed by atoms with Crippen LogP contribution in [0, 0.1) is 18.7 Å². The van der Waals surface area contributed by atoms with Gasteiger partial charge in [-0.15, -0.1) is 0 Å². The topological polar surface area (TPSA) is 99.2 Å². The Morgan fingerprint density at radius 2 is 1.96 bits per heavy atom. The maximum atomic E-state index is 14.0. The highest BCUT2D eigenvalue weighted by molar-refractivity contribution is 5.94. The number of hydrogen-bond donors (Lipinski definition) is 2. The summed E-state index contributed by atoms with van der Waals surface area (Å²) in [5, 5.41) is 16.1. The molecule has 2 aliphatic rings. The summed E-state index contributed by atoms with van der Waals surface area (Å²) in [5.41, 5.74) is 1.59. The van der Waals surface area contributed by atoms with E-state index in [9.17, 15) is 19.1 Å². The lowest BCUT2D eigenvalue weighted by molar-refractivity contribution is -0.144. The first-order valence-electron chi connectivity index (χ1n) is 8.67. The first kappa shape index (κ1) is 16.7. The van der Waals surface area contributed by atoms with Gasteiger partial charge in [0.25, 0.3) is 5.91 Å². The molecule has 2 aromatic heterocycles. The summed E-state index contributed by atoms with van der Waals surface area (Å²) in [5.74, 6) is -1.88. The number of pyridine rings is 1. The molecule has 0 aliphatic carbocycles. The molecule has 2 N–H and O–H groups in total. The first-order valence-corrected chi connectivity index (χ1v) is 8.67. The van der Waals surface area contributed by atoms with Crippen molar-refractivity contribution in [2.45, 2.75) is 44.7 Å². The molecule has 2 aromatic rings. The van der Waals surface area contributed by atoms with Gasteiger partial charge in [0.15, 0.2) is 5.82 Å². The molecule has 2 bridgehead atoms. The number of aliphatic carboxylic acids is 1. The molecule has 8 heteroatoms. The second-order valence-corrected chi connectivity index (χ2v) is 7.08. The molecule has 0 saturated carbocycles. The standard InChI is InChI=1S/C18H19FN4O3/c1-9-4-13(14(19)8-20-9)15-7-16(22-21-15)17(24)23-11-2-3-12(23)6-10(5-11)18(25)26/h4,7-8,10-12H,2-3,5-6H2,1H3,(H,21,22)(H,25,26)/t10?,11-,12+. The summed E-state index contributed by atoms with van der Waals surface area (Å²) in [6.07, 6.45) is 3.74. The number of H-pyrrole nitrogens is 1. The Bertz CT molecular complexity index is 867. The fraction of sp³-hybridized carbons (Fsp3) is 0.444. The van der Waals surface area contributed by atoms with E-state index in [1.807, 2.05) is 0 Å². The lowest BCUT2D eigenvalue weighted by Gasteiger charge is -2.37. The molecule has 3 atom stereocenters. The zero-order valence-electron chi connectivity index (χ0n) is 14.3. The summed E-state index contributed by atoms with van der Waals surface area (Å²) >= 11 is 0. The predicted octanol–water partition coefficient (Wildman–Crippen LogP) is 2.39. The molecule has 2 aliphatic heterocycles. The first-order chi connectivity index (χ1) is 12.4. The highest BCUT2D eigenvalue weighted by Crippen LogP contribution is 2.39. The number of aryl methyl sites for hydroxylation is 1. The lowest BCUT2D eigenvalue weighted by Crippen LogP contribution is -2.48. The van der Waals surface area contributed by atoms with Gasteiger partial charge in [0, 0.05) is 23.3 Å². The summed E-state index contributed by atoms with van der Waals surface area (Å²) in [4.78, 5) is 29.9. The van der Waals surface area contributed by atoms with E-state index in [0.717, 1.165) is 19.0 Å². The van der Waals surface area contributed by atoms with Crippen molar-refractivity contribution in [3.63, 3.8) is 0 Å². The van der Waals surface area contributed by atoms with Crippen molar-refractivity contribution in [3.05, 3.63) is 35.5 Å². The SMILES string of the molecule is Cc1cc(-c2cc(C(=O)N3[C@@H]4CC[C@H]3CC(C(=O)O)C4)[nH]n2)c(F)cn1. The number of aromatic nitrogens is 3. The third-order valence-electron chi connectivity index (χ3n) is 5.39. The molecule has 26 heavy (non-hydrogen) atoms. The fourth-order valence-electron chi connectivity index (χ4n) is 4.16. The molecule has 4 heterocycles. The smallest absolute Gasteiger partial charge is 0.306 e. The Morgan fingerprint density at radius 1 is 1.27 bits per heavy atom. The minimum atomic E-state index is -0.790. The molecule has 1 amide bonds. The number of nitrogens with one attached hydrogen (secondary N) is 1. The second kappa shape index (κ2) is 6.19. The normalized spacial score (nSPS) is 24.7. The molecule has 4 rings (SSSR count). The van der Waals surface area contributed by atoms with Crippen molar-refractivity contribution in [2.24, 2.45) is 5.92 Å². The largest absolute Gasteiger partial charge is 0.481 e. The van der Waals surface area contributed by atoms with E-state index in [2.05, 4.69) is 15.2 Å². The van der Waals surface area contributed by atoms with Crippen molar-refractivity contribution < 1.29 is 19.1 Å². The monoisotopic (exact) mass is 358 g/mol. The number of aromatic amines is 1. The molecule has 0 aromatic carbocycles. The average molecular weight is 358 g/mol. The highest BCUT2D eigenvalue weighted by Gasteiger charge is 2.45. The van der Waals surface area contributed by atoms with Crippen molar-refractivity contribution in [1.82, 2.24) is 20.1 Å². The van der Waals surface area contributed by atoms with Crippen molar-refractivity contribution >= 4 is 11.9 Å². The van der Waals surface area contributed by atoms with Crippen LogP contribution in [0.15, 0.2) is 18.3 Å². The molecular formula is C18H19FN4O3. The van der Waals surface area contributed by atoms with Gasteiger partial charge in [-0.25, -0.2) is 4.39 Å². The Morgan fingerprint density at radius 3 is 2.62 bits per heavy atom. The number of amides is 1. The molecular weight excluding hydrogens is 339 g/mol. The van der Waals surface area contributed by atoms with Gasteiger partial charge in [-0.2, -0.15) is 5.10 Å². The van der Waals surface area contributed by atoms with Crippen LogP contribution in [0.25, 0.3) is 11.3 Å². The highest BCUT2D eigenvalue weighted by atomic mass is 19.1. The third-order valence-corrected chi connectivity index (χ3v) is 5.39. The number of fused-ring (bicyclic) bond motifs is 2. The molecule has 7 nitrogen and oxygen atoms in total. The lowest BCUT2D eigenvalue weighted by atomic mass is 9.90. The van der Waals surface area contributed by atoms with E-state index >= 15 is 0 Å². The zero-order valence-corrected chi connectivity index (χ0v) is 14.3. The minimum Gasteiger partial charge on any atom is -0.481 e. The number of carbonyl (C=O) groups excluding carboxylic acids is 1. The number of carbonyl (C=O) groups is 2. The Hall–Kier alpha value is -2.77. The summed E-state index contributed by atoms with van der Waals surface area (Å²) in [6.45, 7) is 1.76. The molecule has 2 fully saturated rings. The zero-order chi connectivity index (χ0) is 18.4. The molecule has 0 spiro atoms. The summed E-state index contributed by atoms with van der Waals surface area (Å²) < 4.78 is 14.0. The van der Waals surface area contributed by atoms with Crippen LogP contribution in [0.5, 0.6) is 0 Å². The van der Waals surface area contributed by atoms with Gasteiger partial charge < -0.3 is 10.0 Å². The van der Waals surface area contributed by atoms with Crippen LogP contribution < -0.4 is 0 Å². The van der Waals surface area contributed by atoms with E-state index < -0.39 is 11.8 Å². The number of carboxylic acids is 1. The number of halogens is 1. The second-order valence-electron chi connectivity index (χ2n) is 7.08.